The molecule has 0 aliphatic heterocycles. The largest absolute Gasteiger partial charge is 0.394 e. The summed E-state index contributed by atoms with van der Waals surface area (Å²) >= 11 is 1.28. The Labute approximate surface area is 214 Å². The van der Waals surface area contributed by atoms with E-state index >= 15 is 0 Å². The summed E-state index contributed by atoms with van der Waals surface area (Å²) in [5, 5.41) is 8.06. The molecule has 36 heavy (non-hydrogen) atoms. The number of anilines is 1. The maximum absolute atomic E-state index is 12.5. The van der Waals surface area contributed by atoms with Crippen molar-refractivity contribution in [1.29, 1.82) is 0 Å². The lowest BCUT2D eigenvalue weighted by atomic mass is 10.0. The van der Waals surface area contributed by atoms with Crippen LogP contribution in [0.1, 0.15) is 41.7 Å². The molecule has 0 fully saturated rings. The van der Waals surface area contributed by atoms with Gasteiger partial charge in [0.15, 0.2) is 0 Å². The molecule has 0 aliphatic rings. The van der Waals surface area contributed by atoms with Gasteiger partial charge in [-0.05, 0) is 50.3 Å². The fraction of sp³-hybridized carbons (Fsp3) is 0.308. The second-order valence-corrected chi connectivity index (χ2v) is 9.09. The maximum Gasteiger partial charge on any atom is 0.261 e. The van der Waals surface area contributed by atoms with Gasteiger partial charge in [-0.15, -0.1) is 11.3 Å². The van der Waals surface area contributed by atoms with Gasteiger partial charge in [0.1, 0.15) is 22.8 Å². The van der Waals surface area contributed by atoms with E-state index in [1.165, 1.54) is 11.3 Å². The van der Waals surface area contributed by atoms with Gasteiger partial charge in [0.2, 0.25) is 5.95 Å². The summed E-state index contributed by atoms with van der Waals surface area (Å²) in [4.78, 5) is 30.6. The van der Waals surface area contributed by atoms with E-state index in [-0.39, 0.29) is 11.9 Å². The van der Waals surface area contributed by atoms with Crippen molar-refractivity contribution in [1.82, 2.24) is 24.8 Å². The summed E-state index contributed by atoms with van der Waals surface area (Å²) in [7, 11) is 0. The van der Waals surface area contributed by atoms with Gasteiger partial charge in [0, 0.05) is 42.1 Å². The molecule has 4 aromatic rings. The summed E-state index contributed by atoms with van der Waals surface area (Å²) in [6.07, 6.45) is 3.98. The van der Waals surface area contributed by atoms with Crippen molar-refractivity contribution in [2.24, 2.45) is 5.16 Å². The third-order valence-corrected chi connectivity index (χ3v) is 6.82. The lowest BCUT2D eigenvalue weighted by Gasteiger charge is -2.17. The second-order valence-electron chi connectivity index (χ2n) is 8.06. The molecular weight excluding hydrogens is 474 g/mol. The highest BCUT2D eigenvalue weighted by Gasteiger charge is 2.20. The molecule has 0 saturated carbocycles. The molecule has 4 rings (SSSR count). The van der Waals surface area contributed by atoms with Gasteiger partial charge < -0.3 is 25.4 Å². The van der Waals surface area contributed by atoms with Gasteiger partial charge in [-0.25, -0.2) is 9.97 Å². The standard InChI is InChI=1S/C26H31N7O2S/c1-4-28-24(34)21-17-20-23(29-26(27)30-25(20)36-21)22(31-35-16-15-32(5-2)6-3)18-9-11-19(12-10-18)33-13-7-8-14-33/h7-14,17H,4-6,15-16H2,1-3H3,(H,28,34)(H2,27,29,30). The number of nitrogen functional groups attached to an aromatic ring is 1. The number of benzene rings is 1. The summed E-state index contributed by atoms with van der Waals surface area (Å²) < 4.78 is 2.03. The predicted molar refractivity (Wildman–Crippen MR) is 145 cm³/mol. The van der Waals surface area contributed by atoms with Crippen molar-refractivity contribution in [2.75, 3.05) is 38.5 Å². The Morgan fingerprint density at radius 1 is 1.14 bits per heavy atom. The summed E-state index contributed by atoms with van der Waals surface area (Å²) in [5.41, 5.74) is 8.98. The molecule has 3 N–H and O–H groups in total. The Balaban J connectivity index is 1.75. The molecular formula is C26H31N7O2S. The lowest BCUT2D eigenvalue weighted by molar-refractivity contribution is 0.0960. The molecule has 0 atom stereocenters. The van der Waals surface area contributed by atoms with Gasteiger partial charge in [-0.3, -0.25) is 4.79 Å². The van der Waals surface area contributed by atoms with E-state index in [0.29, 0.717) is 39.7 Å². The van der Waals surface area contributed by atoms with Crippen LogP contribution in [-0.4, -0.2) is 63.8 Å². The van der Waals surface area contributed by atoms with Crippen LogP contribution in [0.5, 0.6) is 0 Å². The Morgan fingerprint density at radius 3 is 2.53 bits per heavy atom. The molecule has 188 valence electrons. The first-order valence-corrected chi connectivity index (χ1v) is 12.9. The summed E-state index contributed by atoms with van der Waals surface area (Å²) in [5.74, 6) is -0.0448. The number of amides is 1. The zero-order chi connectivity index (χ0) is 25.5. The van der Waals surface area contributed by atoms with Crippen LogP contribution in [0.3, 0.4) is 0 Å². The van der Waals surface area contributed by atoms with E-state index in [1.54, 1.807) is 6.07 Å². The van der Waals surface area contributed by atoms with Crippen molar-refractivity contribution >= 4 is 39.1 Å². The van der Waals surface area contributed by atoms with Crippen LogP contribution in [0.25, 0.3) is 15.9 Å². The number of nitrogens with zero attached hydrogens (tertiary/aromatic N) is 5. The smallest absolute Gasteiger partial charge is 0.261 e. The first-order chi connectivity index (χ1) is 17.5. The normalized spacial score (nSPS) is 11.8. The average molecular weight is 506 g/mol. The zero-order valence-corrected chi connectivity index (χ0v) is 21.6. The van der Waals surface area contributed by atoms with Crippen molar-refractivity contribution in [3.8, 4) is 5.69 Å². The Kier molecular flexibility index (Phi) is 8.29. The number of nitrogens with one attached hydrogen (secondary N) is 1. The number of rotatable bonds is 11. The highest BCUT2D eigenvalue weighted by Crippen LogP contribution is 2.29. The average Bonchev–Trinajstić information content (AvgIpc) is 3.57. The van der Waals surface area contributed by atoms with Gasteiger partial charge >= 0.3 is 0 Å². The van der Waals surface area contributed by atoms with Crippen LogP contribution < -0.4 is 11.1 Å². The van der Waals surface area contributed by atoms with E-state index in [9.17, 15) is 4.79 Å². The van der Waals surface area contributed by atoms with Crippen LogP contribution in [0.2, 0.25) is 0 Å². The van der Waals surface area contributed by atoms with Crippen LogP contribution >= 0.6 is 11.3 Å². The Hall–Kier alpha value is -3.76. The minimum atomic E-state index is -0.157. The number of aromatic nitrogens is 3. The molecule has 1 amide bonds. The minimum Gasteiger partial charge on any atom is -0.394 e. The van der Waals surface area contributed by atoms with Crippen LogP contribution in [-0.2, 0) is 4.84 Å². The number of fused-ring (bicyclic) bond motifs is 1. The Morgan fingerprint density at radius 2 is 1.86 bits per heavy atom. The van der Waals surface area contributed by atoms with Gasteiger partial charge in [0.25, 0.3) is 5.91 Å². The molecule has 0 saturated heterocycles. The summed E-state index contributed by atoms with van der Waals surface area (Å²) in [6, 6.07) is 13.7. The predicted octanol–water partition coefficient (Wildman–Crippen LogP) is 3.92. The highest BCUT2D eigenvalue weighted by atomic mass is 32.1. The number of hydrogen-bond acceptors (Lipinski definition) is 8. The van der Waals surface area contributed by atoms with E-state index in [2.05, 4.69) is 39.2 Å². The molecule has 9 nitrogen and oxygen atoms in total. The molecule has 0 spiro atoms. The van der Waals surface area contributed by atoms with Gasteiger partial charge in [-0.2, -0.15) is 0 Å². The molecule has 3 aromatic heterocycles. The SMILES string of the molecule is CCNC(=O)c1cc2c(C(=NOCCN(CC)CC)c3ccc(-n4cccc4)cc3)nc(N)nc2s1. The number of carbonyl (C=O) groups excluding carboxylic acids is 1. The fourth-order valence-corrected chi connectivity index (χ4v) is 4.78. The van der Waals surface area contributed by atoms with E-state index in [4.69, 9.17) is 10.6 Å². The highest BCUT2D eigenvalue weighted by molar-refractivity contribution is 7.20. The quantitative estimate of drug-likeness (QED) is 0.182. The number of oxime groups is 1. The van der Waals surface area contributed by atoms with Crippen LogP contribution in [0.4, 0.5) is 5.95 Å². The fourth-order valence-electron chi connectivity index (χ4n) is 3.83. The molecule has 0 radical (unpaired) electrons. The van der Waals surface area contributed by atoms with Gasteiger partial charge in [-0.1, -0.05) is 31.1 Å². The van der Waals surface area contributed by atoms with Crippen LogP contribution in [0.15, 0.2) is 60.0 Å². The van der Waals surface area contributed by atoms with Crippen molar-refractivity contribution in [3.05, 3.63) is 71.0 Å². The number of carbonyl (C=O) groups is 1. The topological polar surface area (TPSA) is 111 Å². The molecule has 3 heterocycles. The number of nitrogens with two attached hydrogens (primary N) is 1. The molecule has 10 heteroatoms. The first-order valence-electron chi connectivity index (χ1n) is 12.1. The monoisotopic (exact) mass is 505 g/mol. The molecule has 0 unspecified atom stereocenters. The van der Waals surface area contributed by atoms with Crippen molar-refractivity contribution in [2.45, 2.75) is 20.8 Å². The second kappa shape index (κ2) is 11.8. The molecule has 0 aliphatic carbocycles. The van der Waals surface area contributed by atoms with E-state index < -0.39 is 0 Å². The van der Waals surface area contributed by atoms with E-state index in [1.807, 2.05) is 60.3 Å². The summed E-state index contributed by atoms with van der Waals surface area (Å²) in [6.45, 7) is 9.74. The van der Waals surface area contributed by atoms with Gasteiger partial charge in [0.05, 0.1) is 4.88 Å². The van der Waals surface area contributed by atoms with Crippen LogP contribution in [0, 0.1) is 0 Å². The third kappa shape index (κ3) is 5.72. The zero-order valence-electron chi connectivity index (χ0n) is 20.8. The lowest BCUT2D eigenvalue weighted by Crippen LogP contribution is -2.26. The number of hydrogen-bond donors (Lipinski definition) is 2. The minimum absolute atomic E-state index is 0.113. The number of likely N-dealkylation sites (N-methyl/N-ethyl adjacent to an activating group) is 1. The Bertz CT molecular complexity index is 1330. The number of thiophene rings is 1. The third-order valence-electron chi connectivity index (χ3n) is 5.79. The van der Waals surface area contributed by atoms with Crippen molar-refractivity contribution in [3.63, 3.8) is 0 Å². The first kappa shape index (κ1) is 25.3. The molecule has 0 bridgehead atoms. The van der Waals surface area contributed by atoms with Crippen molar-refractivity contribution < 1.29 is 9.63 Å². The molecule has 1 aromatic carbocycles. The maximum atomic E-state index is 12.5. The van der Waals surface area contributed by atoms with E-state index in [0.717, 1.165) is 30.9 Å².